The number of rotatable bonds is 7. The molecular formula is C19H29N5O2. The highest BCUT2D eigenvalue weighted by Crippen LogP contribution is 2.22. The summed E-state index contributed by atoms with van der Waals surface area (Å²) in [7, 11) is 4.04. The van der Waals surface area contributed by atoms with Crippen LogP contribution in [0.2, 0.25) is 0 Å². The minimum absolute atomic E-state index is 0.0364. The van der Waals surface area contributed by atoms with E-state index in [-0.39, 0.29) is 35.9 Å². The van der Waals surface area contributed by atoms with E-state index in [1.165, 1.54) is 4.68 Å². The number of aromatic nitrogens is 3. The van der Waals surface area contributed by atoms with Gasteiger partial charge in [-0.1, -0.05) is 38.1 Å². The van der Waals surface area contributed by atoms with Crippen molar-refractivity contribution in [3.63, 3.8) is 0 Å². The van der Waals surface area contributed by atoms with Crippen molar-refractivity contribution in [2.75, 3.05) is 20.6 Å². The van der Waals surface area contributed by atoms with Crippen LogP contribution in [0.15, 0.2) is 29.1 Å². The van der Waals surface area contributed by atoms with Gasteiger partial charge in [0.05, 0.1) is 11.9 Å². The smallest absolute Gasteiger partial charge is 0.277 e. The molecule has 26 heavy (non-hydrogen) atoms. The van der Waals surface area contributed by atoms with Crippen molar-refractivity contribution in [2.45, 2.75) is 46.2 Å². The Labute approximate surface area is 154 Å². The van der Waals surface area contributed by atoms with Gasteiger partial charge in [-0.2, -0.15) is 0 Å². The lowest BCUT2D eigenvalue weighted by Crippen LogP contribution is -2.45. The van der Waals surface area contributed by atoms with Crippen LogP contribution in [-0.4, -0.2) is 52.5 Å². The zero-order valence-corrected chi connectivity index (χ0v) is 16.3. The summed E-state index contributed by atoms with van der Waals surface area (Å²) in [5.41, 5.74) is 0.309. The van der Waals surface area contributed by atoms with Gasteiger partial charge < -0.3 is 10.2 Å². The van der Waals surface area contributed by atoms with Crippen LogP contribution in [0.4, 0.5) is 0 Å². The minimum Gasteiger partial charge on any atom is -0.353 e. The average Bonchev–Trinajstić information content (AvgIpc) is 2.57. The molecule has 0 saturated carbocycles. The molecule has 1 atom stereocenters. The first-order valence-electron chi connectivity index (χ1n) is 8.95. The molecule has 0 unspecified atom stereocenters. The Bertz CT molecular complexity index is 807. The van der Waals surface area contributed by atoms with E-state index in [1.807, 2.05) is 20.2 Å². The summed E-state index contributed by atoms with van der Waals surface area (Å²) in [6.45, 7) is 7.47. The highest BCUT2D eigenvalue weighted by molar-refractivity contribution is 5.77. The van der Waals surface area contributed by atoms with Crippen molar-refractivity contribution in [3.8, 4) is 0 Å². The first-order valence-corrected chi connectivity index (χ1v) is 8.95. The number of fused-ring (bicyclic) bond motifs is 1. The second-order valence-electron chi connectivity index (χ2n) is 7.96. The molecule has 1 aromatic carbocycles. The molecule has 1 N–H and O–H groups in total. The van der Waals surface area contributed by atoms with E-state index in [1.54, 1.807) is 18.2 Å². The summed E-state index contributed by atoms with van der Waals surface area (Å²) in [6.07, 6.45) is 1.07. The average molecular weight is 359 g/mol. The van der Waals surface area contributed by atoms with Gasteiger partial charge in [-0.05, 0) is 44.6 Å². The third-order valence-corrected chi connectivity index (χ3v) is 4.43. The third kappa shape index (κ3) is 5.36. The predicted molar refractivity (Wildman–Crippen MR) is 103 cm³/mol. The van der Waals surface area contributed by atoms with Gasteiger partial charge in [-0.3, -0.25) is 9.59 Å². The van der Waals surface area contributed by atoms with Crippen molar-refractivity contribution >= 4 is 16.8 Å². The third-order valence-electron chi connectivity index (χ3n) is 4.43. The Morgan fingerprint density at radius 3 is 2.62 bits per heavy atom. The molecule has 0 fully saturated rings. The number of carbonyl (C=O) groups is 1. The summed E-state index contributed by atoms with van der Waals surface area (Å²) < 4.78 is 1.26. The first-order chi connectivity index (χ1) is 12.2. The number of nitrogens with one attached hydrogen (secondary N) is 1. The Morgan fingerprint density at radius 1 is 1.27 bits per heavy atom. The number of nitrogens with zero attached hydrogens (tertiary/aromatic N) is 4. The summed E-state index contributed by atoms with van der Waals surface area (Å²) in [4.78, 5) is 26.9. The van der Waals surface area contributed by atoms with Crippen molar-refractivity contribution in [1.29, 1.82) is 0 Å². The fourth-order valence-corrected chi connectivity index (χ4v) is 2.75. The molecule has 0 radical (unpaired) electrons. The van der Waals surface area contributed by atoms with Crippen molar-refractivity contribution in [2.24, 2.45) is 5.41 Å². The number of carbonyl (C=O) groups excluding carboxylic acids is 1. The molecule has 2 aromatic rings. The monoisotopic (exact) mass is 359 g/mol. The van der Waals surface area contributed by atoms with E-state index in [2.05, 4.69) is 41.3 Å². The number of hydrogen-bond acceptors (Lipinski definition) is 5. The topological polar surface area (TPSA) is 80.1 Å². The quantitative estimate of drug-likeness (QED) is 0.813. The van der Waals surface area contributed by atoms with Gasteiger partial charge in [-0.25, -0.2) is 4.68 Å². The van der Waals surface area contributed by atoms with E-state index < -0.39 is 0 Å². The zero-order valence-electron chi connectivity index (χ0n) is 16.3. The lowest BCUT2D eigenvalue weighted by molar-refractivity contribution is -0.122. The van der Waals surface area contributed by atoms with Crippen LogP contribution >= 0.6 is 0 Å². The molecule has 0 spiro atoms. The molecule has 7 heteroatoms. The fraction of sp³-hybridized carbons (Fsp3) is 0.579. The molecule has 0 aliphatic carbocycles. The normalized spacial score (nSPS) is 13.2. The van der Waals surface area contributed by atoms with Crippen LogP contribution in [-0.2, 0) is 11.3 Å². The van der Waals surface area contributed by atoms with E-state index in [4.69, 9.17) is 0 Å². The van der Waals surface area contributed by atoms with Crippen molar-refractivity contribution in [1.82, 2.24) is 25.2 Å². The lowest BCUT2D eigenvalue weighted by Gasteiger charge is -2.32. The van der Waals surface area contributed by atoms with Crippen molar-refractivity contribution in [3.05, 3.63) is 34.6 Å². The Kier molecular flexibility index (Phi) is 6.47. The van der Waals surface area contributed by atoms with Gasteiger partial charge in [0.2, 0.25) is 5.91 Å². The maximum atomic E-state index is 12.4. The fourth-order valence-electron chi connectivity index (χ4n) is 2.75. The number of hydrogen-bond donors (Lipinski definition) is 1. The van der Waals surface area contributed by atoms with Crippen LogP contribution in [0.1, 0.15) is 33.6 Å². The Hall–Kier alpha value is -2.28. The van der Waals surface area contributed by atoms with Gasteiger partial charge >= 0.3 is 0 Å². The second kappa shape index (κ2) is 8.40. The van der Waals surface area contributed by atoms with Crippen LogP contribution in [0, 0.1) is 5.41 Å². The Balaban J connectivity index is 2.01. The summed E-state index contributed by atoms with van der Waals surface area (Å²) in [6, 6.07) is 7.14. The van der Waals surface area contributed by atoms with E-state index in [9.17, 15) is 9.59 Å². The molecule has 142 valence electrons. The molecule has 7 nitrogen and oxygen atoms in total. The van der Waals surface area contributed by atoms with Crippen LogP contribution in [0.3, 0.4) is 0 Å². The van der Waals surface area contributed by atoms with E-state index in [0.29, 0.717) is 10.9 Å². The maximum absolute atomic E-state index is 12.4. The predicted octanol–water partition coefficient (Wildman–Crippen LogP) is 1.66. The molecule has 0 bridgehead atoms. The molecule has 1 aromatic heterocycles. The standard InChI is InChI=1S/C19H29N5O2/c1-19(2,3)16(10-12-23(4)5)20-17(25)11-13-24-18(26)14-8-6-7-9-15(14)21-22-24/h6-9,16H,10-13H2,1-5H3,(H,20,25)/t16-/m1/s1. The molecule has 1 amide bonds. The first kappa shape index (κ1) is 20.0. The van der Waals surface area contributed by atoms with Crippen molar-refractivity contribution < 1.29 is 4.79 Å². The largest absolute Gasteiger partial charge is 0.353 e. The van der Waals surface area contributed by atoms with Gasteiger partial charge in [0.25, 0.3) is 5.56 Å². The minimum atomic E-state index is -0.219. The van der Waals surface area contributed by atoms with Gasteiger partial charge in [0.15, 0.2) is 0 Å². The molecular weight excluding hydrogens is 330 g/mol. The van der Waals surface area contributed by atoms with Gasteiger partial charge in [-0.15, -0.1) is 5.10 Å². The van der Waals surface area contributed by atoms with Crippen LogP contribution in [0.5, 0.6) is 0 Å². The zero-order chi connectivity index (χ0) is 19.3. The summed E-state index contributed by atoms with van der Waals surface area (Å²) in [5.74, 6) is -0.0782. The number of aryl methyl sites for hydroxylation is 1. The summed E-state index contributed by atoms with van der Waals surface area (Å²) in [5, 5.41) is 11.6. The van der Waals surface area contributed by atoms with E-state index in [0.717, 1.165) is 13.0 Å². The van der Waals surface area contributed by atoms with Gasteiger partial charge in [0, 0.05) is 12.5 Å². The molecule has 0 saturated heterocycles. The Morgan fingerprint density at radius 2 is 1.96 bits per heavy atom. The van der Waals surface area contributed by atoms with E-state index >= 15 is 0 Å². The van der Waals surface area contributed by atoms with Crippen LogP contribution in [0.25, 0.3) is 10.9 Å². The second-order valence-corrected chi connectivity index (χ2v) is 7.96. The van der Waals surface area contributed by atoms with Gasteiger partial charge in [0.1, 0.15) is 5.52 Å². The molecule has 2 rings (SSSR count). The number of benzene rings is 1. The molecule has 0 aliphatic rings. The molecule has 0 aliphatic heterocycles. The SMILES string of the molecule is CN(C)CC[C@@H](NC(=O)CCn1nnc2ccccc2c1=O)C(C)(C)C. The van der Waals surface area contributed by atoms with Crippen LogP contribution < -0.4 is 10.9 Å². The molecule has 1 heterocycles. The summed E-state index contributed by atoms with van der Waals surface area (Å²) >= 11 is 0. The maximum Gasteiger partial charge on any atom is 0.277 e. The lowest BCUT2D eigenvalue weighted by atomic mass is 9.84. The highest BCUT2D eigenvalue weighted by atomic mass is 16.2. The number of amides is 1. The highest BCUT2D eigenvalue weighted by Gasteiger charge is 2.26.